The summed E-state index contributed by atoms with van der Waals surface area (Å²) in [6.45, 7) is -0.148. The number of sulfonamides is 2. The van der Waals surface area contributed by atoms with Crippen LogP contribution in [0.1, 0.15) is 12.1 Å². The average Bonchev–Trinajstić information content (AvgIpc) is 3.49. The summed E-state index contributed by atoms with van der Waals surface area (Å²) >= 11 is 0. The first kappa shape index (κ1) is 45.7. The first-order valence-electron chi connectivity index (χ1n) is 17.7. The Balaban J connectivity index is 0.000000448. The highest BCUT2D eigenvalue weighted by Crippen LogP contribution is 2.32. The van der Waals surface area contributed by atoms with Crippen LogP contribution >= 0.6 is 0 Å². The molecule has 0 spiro atoms. The lowest BCUT2D eigenvalue weighted by atomic mass is 10.0. The van der Waals surface area contributed by atoms with Crippen LogP contribution in [-0.4, -0.2) is 116 Å². The summed E-state index contributed by atoms with van der Waals surface area (Å²) in [6.07, 6.45) is 0.152. The number of anilines is 3. The Kier molecular flexibility index (Phi) is 15.8. The number of ether oxygens (including phenoxy) is 2. The molecule has 1 fully saturated rings. The van der Waals surface area contributed by atoms with Gasteiger partial charge in [0, 0.05) is 43.9 Å². The van der Waals surface area contributed by atoms with Crippen molar-refractivity contribution in [3.05, 3.63) is 78.5 Å². The first-order valence-corrected chi connectivity index (χ1v) is 21.1. The van der Waals surface area contributed by atoms with Gasteiger partial charge in [0.1, 0.15) is 18.5 Å². The number of likely N-dealkylation sites (tertiary alicyclic amines) is 1. The number of aliphatic hydroxyl groups is 1. The number of aromatic nitrogens is 1. The maximum Gasteiger partial charge on any atom is 0.406 e. The van der Waals surface area contributed by atoms with Gasteiger partial charge in [0.2, 0.25) is 20.0 Å². The van der Waals surface area contributed by atoms with Crippen LogP contribution in [0.15, 0.2) is 77.7 Å². The van der Waals surface area contributed by atoms with Gasteiger partial charge < -0.3 is 29.8 Å². The zero-order chi connectivity index (χ0) is 42.7. The summed E-state index contributed by atoms with van der Waals surface area (Å²) in [7, 11) is -4.41. The molecule has 0 aliphatic carbocycles. The molecule has 2 heterocycles. The van der Waals surface area contributed by atoms with Gasteiger partial charge in [0.15, 0.2) is 0 Å². The van der Waals surface area contributed by atoms with Gasteiger partial charge in [-0.25, -0.2) is 26.4 Å². The molecule has 0 unspecified atom stereocenters. The Morgan fingerprint density at radius 2 is 1.78 bits per heavy atom. The van der Waals surface area contributed by atoms with Crippen molar-refractivity contribution in [2.24, 2.45) is 5.14 Å². The van der Waals surface area contributed by atoms with E-state index in [9.17, 15) is 35.1 Å². The van der Waals surface area contributed by atoms with Gasteiger partial charge in [-0.3, -0.25) is 9.21 Å². The third-order valence-electron chi connectivity index (χ3n) is 8.84. The fourth-order valence-electron chi connectivity index (χ4n) is 6.25. The Morgan fingerprint density at radius 3 is 2.38 bits per heavy atom. The van der Waals surface area contributed by atoms with Crippen LogP contribution in [0.25, 0.3) is 10.9 Å². The van der Waals surface area contributed by atoms with E-state index in [1.807, 2.05) is 11.0 Å². The second-order valence-electron chi connectivity index (χ2n) is 13.3. The number of alkyl halides is 4. The molecule has 3 atom stereocenters. The Bertz CT molecular complexity index is 2330. The highest BCUT2D eigenvalue weighted by molar-refractivity contribution is 7.92. The van der Waals surface area contributed by atoms with E-state index in [0.717, 1.165) is 10.8 Å². The van der Waals surface area contributed by atoms with Gasteiger partial charge in [0.05, 0.1) is 72.7 Å². The van der Waals surface area contributed by atoms with Crippen LogP contribution < -0.4 is 24.8 Å². The normalized spacial score (nSPS) is 16.6. The Morgan fingerprint density at radius 1 is 1.05 bits per heavy atom. The number of rotatable bonds is 14. The van der Waals surface area contributed by atoms with Crippen molar-refractivity contribution in [1.82, 2.24) is 9.47 Å². The number of fused-ring (bicyclic) bond motifs is 1. The molecule has 4 aromatic rings. The Labute approximate surface area is 336 Å². The van der Waals surface area contributed by atoms with E-state index in [1.165, 1.54) is 36.7 Å². The minimum absolute atomic E-state index is 0.00488. The number of benzene rings is 3. The lowest BCUT2D eigenvalue weighted by Crippen LogP contribution is -2.50. The number of primary sulfonamides is 1. The van der Waals surface area contributed by atoms with Gasteiger partial charge in [-0.2, -0.15) is 13.2 Å². The molecular weight excluding hydrogens is 805 g/mol. The molecule has 3 aromatic carbocycles. The topological polar surface area (TPSA) is 168 Å². The van der Waals surface area contributed by atoms with Crippen LogP contribution in [0, 0.1) is 24.2 Å². The van der Waals surface area contributed by atoms with E-state index < -0.39 is 51.1 Å². The lowest BCUT2D eigenvalue weighted by Gasteiger charge is -2.36. The fourth-order valence-corrected chi connectivity index (χ4v) is 7.59. The molecule has 19 heteroatoms. The molecule has 314 valence electrons. The van der Waals surface area contributed by atoms with Crippen LogP contribution in [-0.2, 0) is 31.3 Å². The number of hydrogen-bond donors (Lipinski definition) is 4. The van der Waals surface area contributed by atoms with Crippen LogP contribution in [0.2, 0.25) is 0 Å². The van der Waals surface area contributed by atoms with Gasteiger partial charge in [0.25, 0.3) is 0 Å². The van der Waals surface area contributed by atoms with Gasteiger partial charge >= 0.3 is 6.18 Å². The monoisotopic (exact) mass is 850 g/mol. The molecule has 5 rings (SSSR count). The highest BCUT2D eigenvalue weighted by Gasteiger charge is 2.32. The maximum absolute atomic E-state index is 15.2. The zero-order valence-electron chi connectivity index (χ0n) is 32.0. The SMILES string of the molecule is C#CCN(c1ccccc1)S(C)(=O)=O.COC[C@H](O)CN1CC[C@H](Nc2cccc3c2cc(C#CCNc2ccc(S(N)(=O)=O)cc2OC)n3CC(F)(F)F)[C@H](F)C1. The number of β-amino-alcohol motifs (C(OH)–C–C–N with tert-alkyl or cyclic N) is 1. The molecule has 58 heavy (non-hydrogen) atoms. The van der Waals surface area contributed by atoms with Gasteiger partial charge in [-0.1, -0.05) is 36.1 Å². The van der Waals surface area contributed by atoms with E-state index in [1.54, 1.807) is 48.5 Å². The van der Waals surface area contributed by atoms with E-state index in [0.29, 0.717) is 40.9 Å². The molecule has 0 radical (unpaired) electrons. The third kappa shape index (κ3) is 13.0. The number of aliphatic hydroxyl groups excluding tert-OH is 1. The predicted octanol–water partition coefficient (Wildman–Crippen LogP) is 4.24. The lowest BCUT2D eigenvalue weighted by molar-refractivity contribution is -0.140. The number of nitrogens with two attached hydrogens (primary N) is 1. The number of para-hydroxylation sites is 1. The number of nitrogens with zero attached hydrogens (tertiary/aromatic N) is 3. The number of terminal acetylenes is 1. The van der Waals surface area contributed by atoms with E-state index in [2.05, 4.69) is 28.4 Å². The first-order chi connectivity index (χ1) is 27.3. The Hall–Kier alpha value is -5.02. The molecule has 13 nitrogen and oxygen atoms in total. The summed E-state index contributed by atoms with van der Waals surface area (Å²) < 4.78 is 114. The maximum atomic E-state index is 15.2. The van der Waals surface area contributed by atoms with Gasteiger partial charge in [-0.05, 0) is 54.8 Å². The smallest absolute Gasteiger partial charge is 0.406 e. The van der Waals surface area contributed by atoms with E-state index in [-0.39, 0.29) is 49.1 Å². The molecule has 1 saturated heterocycles. The quantitative estimate of drug-likeness (QED) is 0.107. The van der Waals surface area contributed by atoms with E-state index in [4.69, 9.17) is 21.0 Å². The number of halogens is 4. The van der Waals surface area contributed by atoms with Crippen molar-refractivity contribution >= 4 is 48.0 Å². The molecule has 0 bridgehead atoms. The number of hydrogen-bond acceptors (Lipinski definition) is 10. The summed E-state index contributed by atoms with van der Waals surface area (Å²) in [6, 6.07) is 18.6. The van der Waals surface area contributed by atoms with Crippen molar-refractivity contribution in [3.63, 3.8) is 0 Å². The van der Waals surface area contributed by atoms with Crippen molar-refractivity contribution < 1.29 is 49.0 Å². The average molecular weight is 851 g/mol. The molecule has 0 saturated carbocycles. The van der Waals surface area contributed by atoms with Crippen LogP contribution in [0.5, 0.6) is 5.75 Å². The second-order valence-corrected chi connectivity index (χ2v) is 16.7. The molecule has 5 N–H and O–H groups in total. The highest BCUT2D eigenvalue weighted by atomic mass is 32.2. The predicted molar refractivity (Wildman–Crippen MR) is 216 cm³/mol. The zero-order valence-corrected chi connectivity index (χ0v) is 33.7. The third-order valence-corrected chi connectivity index (χ3v) is 10.9. The summed E-state index contributed by atoms with van der Waals surface area (Å²) in [5, 5.41) is 21.8. The summed E-state index contributed by atoms with van der Waals surface area (Å²) in [4.78, 5) is 1.68. The molecule has 1 aliphatic rings. The molecule has 0 amide bonds. The standard InChI is InChI=1S/C29H35F4N5O5S.C10H11NO2S/c1-42-17-20(39)15-37-12-10-25(23(30)16-37)36-24-6-3-7-27-22(24)13-19(38(27)18-29(31,32)33)5-4-11-35-26-9-8-21(44(34,40)41)14-28(26)43-2;1-3-9-11(14(2,12)13)10-7-5-4-6-8-10/h3,6-9,13-14,20,23,25,35-36,39H,10-12,15-18H2,1-2H3,(H2,34,40,41);1,4-8H,9H2,2H3/t20-,23-,25+;/m1./s1. The van der Waals surface area contributed by atoms with Crippen molar-refractivity contribution in [3.8, 4) is 29.9 Å². The van der Waals surface area contributed by atoms with Gasteiger partial charge in [-0.15, -0.1) is 6.42 Å². The molecular formula is C39H46F4N6O7S2. The largest absolute Gasteiger partial charge is 0.495 e. The van der Waals surface area contributed by atoms with Crippen molar-refractivity contribution in [2.75, 3.05) is 74.7 Å². The number of methoxy groups -OCH3 is 2. The molecule has 1 aliphatic heterocycles. The summed E-state index contributed by atoms with van der Waals surface area (Å²) in [5.41, 5.74) is 1.90. The second kappa shape index (κ2) is 20.1. The van der Waals surface area contributed by atoms with Crippen LogP contribution in [0.3, 0.4) is 0 Å². The van der Waals surface area contributed by atoms with E-state index >= 15 is 4.39 Å². The number of nitrogens with one attached hydrogen (secondary N) is 2. The minimum Gasteiger partial charge on any atom is -0.495 e. The van der Waals surface area contributed by atoms with Crippen molar-refractivity contribution in [1.29, 1.82) is 0 Å². The molecule has 1 aromatic heterocycles. The minimum atomic E-state index is -4.52. The fraction of sp³-hybridized carbons (Fsp3) is 0.385. The van der Waals surface area contributed by atoms with Crippen molar-refractivity contribution in [2.45, 2.75) is 42.4 Å². The van der Waals surface area contributed by atoms with Crippen LogP contribution in [0.4, 0.5) is 34.6 Å². The number of piperidine rings is 1. The summed E-state index contributed by atoms with van der Waals surface area (Å²) in [5.74, 6) is 8.12.